The Labute approximate surface area is 223 Å². The van der Waals surface area contributed by atoms with E-state index in [1.54, 1.807) is 50.4 Å². The van der Waals surface area contributed by atoms with E-state index in [-0.39, 0.29) is 23.0 Å². The highest BCUT2D eigenvalue weighted by molar-refractivity contribution is 7.92. The zero-order chi connectivity index (χ0) is 27.9. The number of ether oxygens (including phenoxy) is 1. The maximum absolute atomic E-state index is 13.8. The van der Waals surface area contributed by atoms with Crippen LogP contribution in [0.4, 0.5) is 10.1 Å². The van der Waals surface area contributed by atoms with Gasteiger partial charge in [-0.15, -0.1) is 0 Å². The van der Waals surface area contributed by atoms with Crippen molar-refractivity contribution in [2.24, 2.45) is 0 Å². The summed E-state index contributed by atoms with van der Waals surface area (Å²) in [7, 11) is -1.18. The van der Waals surface area contributed by atoms with Crippen LogP contribution in [0, 0.1) is 12.7 Å². The third-order valence-electron chi connectivity index (χ3n) is 6.15. The topological polar surface area (TPSA) is 96.0 Å². The van der Waals surface area contributed by atoms with E-state index in [4.69, 9.17) is 4.74 Å². The van der Waals surface area contributed by atoms with Gasteiger partial charge in [-0.05, 0) is 67.4 Å². The fourth-order valence-electron chi connectivity index (χ4n) is 3.99. The second-order valence-electron chi connectivity index (χ2n) is 8.71. The SMILES string of the molecule is CCC(C(=O)NC)N(Cc1ccc(OC)cc1)C(=O)CN(c1ccc(F)cc1)S(=O)(=O)c1ccc(C)cc1. The Balaban J connectivity index is 2.03. The number of nitrogens with zero attached hydrogens (tertiary/aromatic N) is 2. The number of likely N-dealkylation sites (N-methyl/N-ethyl adjacent to an activating group) is 1. The van der Waals surface area contributed by atoms with Crippen LogP contribution in [0.1, 0.15) is 24.5 Å². The van der Waals surface area contributed by atoms with Crippen LogP contribution in [0.25, 0.3) is 0 Å². The van der Waals surface area contributed by atoms with E-state index >= 15 is 0 Å². The smallest absolute Gasteiger partial charge is 0.264 e. The molecule has 0 saturated carbocycles. The summed E-state index contributed by atoms with van der Waals surface area (Å²) in [6, 6.07) is 17.3. The van der Waals surface area contributed by atoms with Gasteiger partial charge in [0.05, 0.1) is 17.7 Å². The normalized spacial score (nSPS) is 11.9. The Kier molecular flexibility index (Phi) is 9.46. The predicted octanol–water partition coefficient (Wildman–Crippen LogP) is 3.89. The minimum Gasteiger partial charge on any atom is -0.497 e. The van der Waals surface area contributed by atoms with Gasteiger partial charge < -0.3 is 15.0 Å². The summed E-state index contributed by atoms with van der Waals surface area (Å²) in [6.45, 7) is 3.08. The molecular weight excluding hydrogens is 509 g/mol. The zero-order valence-corrected chi connectivity index (χ0v) is 22.7. The van der Waals surface area contributed by atoms with E-state index in [0.29, 0.717) is 12.2 Å². The molecule has 0 spiro atoms. The van der Waals surface area contributed by atoms with E-state index in [9.17, 15) is 22.4 Å². The summed E-state index contributed by atoms with van der Waals surface area (Å²) < 4.78 is 47.3. The predicted molar refractivity (Wildman–Crippen MR) is 144 cm³/mol. The number of hydrogen-bond acceptors (Lipinski definition) is 5. The quantitative estimate of drug-likeness (QED) is 0.397. The van der Waals surface area contributed by atoms with Gasteiger partial charge in [0.1, 0.15) is 24.2 Å². The van der Waals surface area contributed by atoms with Gasteiger partial charge in [-0.3, -0.25) is 13.9 Å². The number of carbonyl (C=O) groups excluding carboxylic acids is 2. The summed E-state index contributed by atoms with van der Waals surface area (Å²) in [5.41, 5.74) is 1.73. The van der Waals surface area contributed by atoms with Crippen LogP contribution in [-0.2, 0) is 26.2 Å². The van der Waals surface area contributed by atoms with Gasteiger partial charge in [0.2, 0.25) is 11.8 Å². The molecule has 0 heterocycles. The molecule has 0 saturated heterocycles. The Bertz CT molecular complexity index is 1340. The van der Waals surface area contributed by atoms with Crippen LogP contribution in [0.3, 0.4) is 0 Å². The summed E-state index contributed by atoms with van der Waals surface area (Å²) in [6.07, 6.45) is 0.308. The lowest BCUT2D eigenvalue weighted by atomic mass is 10.1. The summed E-state index contributed by atoms with van der Waals surface area (Å²) >= 11 is 0. The lowest BCUT2D eigenvalue weighted by Crippen LogP contribution is -2.51. The van der Waals surface area contributed by atoms with Gasteiger partial charge >= 0.3 is 0 Å². The van der Waals surface area contributed by atoms with Crippen molar-refractivity contribution in [3.63, 3.8) is 0 Å². The highest BCUT2D eigenvalue weighted by Crippen LogP contribution is 2.25. The molecule has 2 amide bonds. The first kappa shape index (κ1) is 28.6. The molecule has 0 aromatic heterocycles. The molecule has 8 nitrogen and oxygen atoms in total. The van der Waals surface area contributed by atoms with E-state index in [0.717, 1.165) is 27.6 Å². The maximum Gasteiger partial charge on any atom is 0.264 e. The molecule has 3 aromatic rings. The van der Waals surface area contributed by atoms with Crippen molar-refractivity contribution in [2.75, 3.05) is 25.0 Å². The highest BCUT2D eigenvalue weighted by atomic mass is 32.2. The van der Waals surface area contributed by atoms with Crippen LogP contribution < -0.4 is 14.4 Å². The van der Waals surface area contributed by atoms with Gasteiger partial charge in [0.25, 0.3) is 10.0 Å². The lowest BCUT2D eigenvalue weighted by Gasteiger charge is -2.33. The minimum atomic E-state index is -4.21. The molecule has 202 valence electrons. The molecule has 1 N–H and O–H groups in total. The molecule has 0 aliphatic heterocycles. The van der Waals surface area contributed by atoms with Gasteiger partial charge in [0, 0.05) is 13.6 Å². The van der Waals surface area contributed by atoms with Crippen LogP contribution in [0.15, 0.2) is 77.7 Å². The average Bonchev–Trinajstić information content (AvgIpc) is 2.92. The fraction of sp³-hybridized carbons (Fsp3) is 0.286. The first-order valence-corrected chi connectivity index (χ1v) is 13.5. The highest BCUT2D eigenvalue weighted by Gasteiger charge is 2.33. The number of halogens is 1. The maximum atomic E-state index is 13.8. The number of aryl methyl sites for hydroxylation is 1. The molecule has 0 aliphatic carbocycles. The second-order valence-corrected chi connectivity index (χ2v) is 10.6. The number of carbonyl (C=O) groups is 2. The molecule has 0 fully saturated rings. The largest absolute Gasteiger partial charge is 0.497 e. The number of sulfonamides is 1. The Morgan fingerprint density at radius 2 is 1.58 bits per heavy atom. The fourth-order valence-corrected chi connectivity index (χ4v) is 5.40. The van der Waals surface area contributed by atoms with Crippen molar-refractivity contribution in [1.82, 2.24) is 10.2 Å². The van der Waals surface area contributed by atoms with Crippen molar-refractivity contribution < 1.29 is 27.1 Å². The number of hydrogen-bond donors (Lipinski definition) is 1. The third kappa shape index (κ3) is 6.69. The summed E-state index contributed by atoms with van der Waals surface area (Å²) in [5.74, 6) is -0.864. The Morgan fingerprint density at radius 1 is 0.974 bits per heavy atom. The van der Waals surface area contributed by atoms with Crippen molar-refractivity contribution in [3.05, 3.63) is 89.7 Å². The molecular formula is C28H32FN3O5S. The number of methoxy groups -OCH3 is 1. The molecule has 0 aliphatic rings. The van der Waals surface area contributed by atoms with Gasteiger partial charge in [-0.25, -0.2) is 12.8 Å². The van der Waals surface area contributed by atoms with Crippen LogP contribution in [0.5, 0.6) is 5.75 Å². The van der Waals surface area contributed by atoms with Gasteiger partial charge in [0.15, 0.2) is 0 Å². The second kappa shape index (κ2) is 12.6. The lowest BCUT2D eigenvalue weighted by molar-refractivity contribution is -0.140. The molecule has 3 aromatic carbocycles. The van der Waals surface area contributed by atoms with E-state index in [1.807, 2.05) is 6.92 Å². The average molecular weight is 542 g/mol. The van der Waals surface area contributed by atoms with Gasteiger partial charge in [-0.1, -0.05) is 36.8 Å². The molecule has 3 rings (SSSR count). The number of benzene rings is 3. The number of anilines is 1. The molecule has 1 unspecified atom stereocenters. The first-order chi connectivity index (χ1) is 18.1. The number of nitrogens with one attached hydrogen (secondary N) is 1. The third-order valence-corrected chi connectivity index (χ3v) is 7.93. The van der Waals surface area contributed by atoms with Crippen molar-refractivity contribution in [1.29, 1.82) is 0 Å². The van der Waals surface area contributed by atoms with E-state index in [1.165, 1.54) is 36.2 Å². The van der Waals surface area contributed by atoms with Crippen molar-refractivity contribution in [3.8, 4) is 5.75 Å². The first-order valence-electron chi connectivity index (χ1n) is 12.1. The van der Waals surface area contributed by atoms with E-state index < -0.39 is 34.3 Å². The van der Waals surface area contributed by atoms with Crippen molar-refractivity contribution in [2.45, 2.75) is 37.8 Å². The minimum absolute atomic E-state index is 0.0136. The monoisotopic (exact) mass is 541 g/mol. The number of amides is 2. The van der Waals surface area contributed by atoms with Crippen LogP contribution in [-0.4, -0.2) is 51.9 Å². The molecule has 1 atom stereocenters. The standard InChI is InChI=1S/C28H32FN3O5S/c1-5-26(28(34)30-3)31(18-21-8-14-24(37-4)15-9-21)27(33)19-32(23-12-10-22(29)11-13-23)38(35,36)25-16-6-20(2)7-17-25/h6-17,26H,5,18-19H2,1-4H3,(H,30,34). The van der Waals surface area contributed by atoms with Crippen LogP contribution in [0.2, 0.25) is 0 Å². The number of rotatable bonds is 11. The van der Waals surface area contributed by atoms with Crippen molar-refractivity contribution >= 4 is 27.5 Å². The molecule has 0 radical (unpaired) electrons. The summed E-state index contributed by atoms with van der Waals surface area (Å²) in [5, 5.41) is 2.58. The summed E-state index contributed by atoms with van der Waals surface area (Å²) in [4.78, 5) is 27.9. The zero-order valence-electron chi connectivity index (χ0n) is 21.8. The van der Waals surface area contributed by atoms with Gasteiger partial charge in [-0.2, -0.15) is 0 Å². The molecule has 0 bridgehead atoms. The Hall–Kier alpha value is -3.92. The molecule has 38 heavy (non-hydrogen) atoms. The van der Waals surface area contributed by atoms with Crippen LogP contribution >= 0.6 is 0 Å². The molecule has 10 heteroatoms. The van der Waals surface area contributed by atoms with E-state index in [2.05, 4.69) is 5.32 Å². The Morgan fingerprint density at radius 3 is 2.11 bits per heavy atom.